The SMILES string of the molecule is Cc1nccc(Cc2ncncc2O)c1O. The molecule has 2 N–H and O–H groups in total. The van der Waals surface area contributed by atoms with Gasteiger partial charge >= 0.3 is 0 Å². The number of hydrogen-bond acceptors (Lipinski definition) is 5. The van der Waals surface area contributed by atoms with Crippen LogP contribution in [0.3, 0.4) is 0 Å². The molecule has 0 saturated carbocycles. The molecule has 16 heavy (non-hydrogen) atoms. The Hall–Kier alpha value is -2.17. The van der Waals surface area contributed by atoms with E-state index in [9.17, 15) is 10.2 Å². The monoisotopic (exact) mass is 217 g/mol. The second kappa shape index (κ2) is 4.14. The number of hydrogen-bond donors (Lipinski definition) is 2. The van der Waals surface area contributed by atoms with Gasteiger partial charge in [-0.2, -0.15) is 0 Å². The maximum Gasteiger partial charge on any atom is 0.155 e. The van der Waals surface area contributed by atoms with E-state index in [0.717, 1.165) is 0 Å². The zero-order chi connectivity index (χ0) is 11.5. The quantitative estimate of drug-likeness (QED) is 0.789. The molecule has 0 radical (unpaired) electrons. The summed E-state index contributed by atoms with van der Waals surface area (Å²) in [5.74, 6) is 0.164. The predicted molar refractivity (Wildman–Crippen MR) is 57.1 cm³/mol. The van der Waals surface area contributed by atoms with Gasteiger partial charge in [-0.1, -0.05) is 0 Å². The predicted octanol–water partition coefficient (Wildman–Crippen LogP) is 1.18. The molecule has 0 aliphatic carbocycles. The topological polar surface area (TPSA) is 79.1 Å². The van der Waals surface area contributed by atoms with Crippen LogP contribution in [-0.2, 0) is 6.42 Å². The summed E-state index contributed by atoms with van der Waals surface area (Å²) < 4.78 is 0. The molecule has 0 saturated heterocycles. The van der Waals surface area contributed by atoms with Crippen LogP contribution in [-0.4, -0.2) is 25.2 Å². The van der Waals surface area contributed by atoms with Crippen molar-refractivity contribution in [1.29, 1.82) is 0 Å². The molecule has 82 valence electrons. The lowest BCUT2D eigenvalue weighted by atomic mass is 10.1. The molecule has 2 aromatic rings. The highest BCUT2D eigenvalue weighted by atomic mass is 16.3. The molecule has 5 heteroatoms. The van der Waals surface area contributed by atoms with Crippen molar-refractivity contribution in [3.8, 4) is 11.5 Å². The molecule has 2 aromatic heterocycles. The normalized spacial score (nSPS) is 10.3. The largest absolute Gasteiger partial charge is 0.506 e. The van der Waals surface area contributed by atoms with E-state index in [-0.39, 0.29) is 11.5 Å². The van der Waals surface area contributed by atoms with E-state index in [0.29, 0.717) is 23.4 Å². The number of pyridine rings is 1. The number of aromatic hydroxyl groups is 2. The fourth-order valence-electron chi connectivity index (χ4n) is 1.42. The Labute approximate surface area is 92.5 Å². The Morgan fingerprint density at radius 1 is 1.25 bits per heavy atom. The van der Waals surface area contributed by atoms with Crippen LogP contribution < -0.4 is 0 Å². The minimum atomic E-state index is 0.0244. The highest BCUT2D eigenvalue weighted by Gasteiger charge is 2.09. The zero-order valence-electron chi connectivity index (χ0n) is 8.75. The van der Waals surface area contributed by atoms with Crippen LogP contribution in [0, 0.1) is 6.92 Å². The summed E-state index contributed by atoms with van der Waals surface area (Å²) in [6.07, 6.45) is 4.65. The van der Waals surface area contributed by atoms with Crippen molar-refractivity contribution in [3.05, 3.63) is 41.7 Å². The van der Waals surface area contributed by atoms with E-state index in [2.05, 4.69) is 15.0 Å². The van der Waals surface area contributed by atoms with Gasteiger partial charge in [-0.25, -0.2) is 9.97 Å². The van der Waals surface area contributed by atoms with Gasteiger partial charge in [0.05, 0.1) is 17.6 Å². The van der Waals surface area contributed by atoms with Crippen LogP contribution in [0.15, 0.2) is 24.8 Å². The van der Waals surface area contributed by atoms with Crippen molar-refractivity contribution in [1.82, 2.24) is 15.0 Å². The molecule has 0 amide bonds. The summed E-state index contributed by atoms with van der Waals surface area (Å²) in [7, 11) is 0. The van der Waals surface area contributed by atoms with Gasteiger partial charge in [-0.15, -0.1) is 0 Å². The van der Waals surface area contributed by atoms with Crippen molar-refractivity contribution in [3.63, 3.8) is 0 Å². The van der Waals surface area contributed by atoms with Crippen molar-refractivity contribution in [2.24, 2.45) is 0 Å². The van der Waals surface area contributed by atoms with Gasteiger partial charge in [0.1, 0.15) is 12.1 Å². The van der Waals surface area contributed by atoms with Crippen LogP contribution in [0.4, 0.5) is 0 Å². The molecule has 0 bridgehead atoms. The first kappa shape index (κ1) is 10.4. The first-order chi connectivity index (χ1) is 7.68. The Kier molecular flexibility index (Phi) is 2.68. The maximum atomic E-state index is 9.76. The first-order valence-corrected chi connectivity index (χ1v) is 4.80. The van der Waals surface area contributed by atoms with E-state index in [1.165, 1.54) is 12.5 Å². The number of aryl methyl sites for hydroxylation is 1. The van der Waals surface area contributed by atoms with Crippen molar-refractivity contribution in [2.45, 2.75) is 13.3 Å². The van der Waals surface area contributed by atoms with Crippen LogP contribution in [0.5, 0.6) is 11.5 Å². The van der Waals surface area contributed by atoms with Crippen LogP contribution >= 0.6 is 0 Å². The maximum absolute atomic E-state index is 9.76. The average molecular weight is 217 g/mol. The van der Waals surface area contributed by atoms with E-state index < -0.39 is 0 Å². The standard InChI is InChI=1S/C11H11N3O2/c1-7-11(16)8(2-3-13-7)4-9-10(15)5-12-6-14-9/h2-3,5-6,15-16H,4H2,1H3. The van der Waals surface area contributed by atoms with E-state index >= 15 is 0 Å². The van der Waals surface area contributed by atoms with Crippen LogP contribution in [0.2, 0.25) is 0 Å². The molecule has 0 aliphatic rings. The average Bonchev–Trinajstić information content (AvgIpc) is 2.28. The minimum Gasteiger partial charge on any atom is -0.506 e. The summed E-state index contributed by atoms with van der Waals surface area (Å²) in [6, 6.07) is 1.70. The molecule has 0 spiro atoms. The van der Waals surface area contributed by atoms with Crippen LogP contribution in [0.1, 0.15) is 17.0 Å². The highest BCUT2D eigenvalue weighted by Crippen LogP contribution is 2.24. The first-order valence-electron chi connectivity index (χ1n) is 4.80. The van der Waals surface area contributed by atoms with Gasteiger partial charge in [-0.05, 0) is 13.0 Å². The lowest BCUT2D eigenvalue weighted by Gasteiger charge is -2.06. The summed E-state index contributed by atoms with van der Waals surface area (Å²) in [4.78, 5) is 11.6. The third-order valence-electron chi connectivity index (χ3n) is 2.32. The second-order valence-electron chi connectivity index (χ2n) is 3.44. The third kappa shape index (κ3) is 1.93. The Bertz CT molecular complexity index is 514. The minimum absolute atomic E-state index is 0.0244. The highest BCUT2D eigenvalue weighted by molar-refractivity contribution is 5.39. The Morgan fingerprint density at radius 3 is 2.81 bits per heavy atom. The van der Waals surface area contributed by atoms with Crippen molar-refractivity contribution in [2.75, 3.05) is 0 Å². The lowest BCUT2D eigenvalue weighted by molar-refractivity contribution is 0.454. The van der Waals surface area contributed by atoms with Gasteiger partial charge in [0.2, 0.25) is 0 Å². The Balaban J connectivity index is 2.35. The lowest BCUT2D eigenvalue weighted by Crippen LogP contribution is -1.96. The second-order valence-corrected chi connectivity index (χ2v) is 3.44. The van der Waals surface area contributed by atoms with Gasteiger partial charge in [0.15, 0.2) is 5.75 Å². The van der Waals surface area contributed by atoms with E-state index in [1.807, 2.05) is 0 Å². The molecule has 2 rings (SSSR count). The van der Waals surface area contributed by atoms with E-state index in [4.69, 9.17) is 0 Å². The molecule has 2 heterocycles. The smallest absolute Gasteiger partial charge is 0.155 e. The molecule has 5 nitrogen and oxygen atoms in total. The molecular weight excluding hydrogens is 206 g/mol. The number of aromatic nitrogens is 3. The number of rotatable bonds is 2. The van der Waals surface area contributed by atoms with E-state index in [1.54, 1.807) is 19.2 Å². The van der Waals surface area contributed by atoms with Crippen LogP contribution in [0.25, 0.3) is 0 Å². The number of nitrogens with zero attached hydrogens (tertiary/aromatic N) is 3. The van der Waals surface area contributed by atoms with Gasteiger partial charge in [0.25, 0.3) is 0 Å². The molecule has 0 aliphatic heterocycles. The molecular formula is C11H11N3O2. The van der Waals surface area contributed by atoms with Crippen molar-refractivity contribution >= 4 is 0 Å². The fraction of sp³-hybridized carbons (Fsp3) is 0.182. The van der Waals surface area contributed by atoms with Crippen molar-refractivity contribution < 1.29 is 10.2 Å². The summed E-state index contributed by atoms with van der Waals surface area (Å²) in [5, 5.41) is 19.3. The summed E-state index contributed by atoms with van der Waals surface area (Å²) >= 11 is 0. The third-order valence-corrected chi connectivity index (χ3v) is 2.32. The molecule has 0 aromatic carbocycles. The molecule has 0 unspecified atom stereocenters. The Morgan fingerprint density at radius 2 is 2.06 bits per heavy atom. The molecule has 0 atom stereocenters. The molecule has 0 fully saturated rings. The summed E-state index contributed by atoms with van der Waals surface area (Å²) in [5.41, 5.74) is 1.73. The van der Waals surface area contributed by atoms with Gasteiger partial charge < -0.3 is 10.2 Å². The van der Waals surface area contributed by atoms with Gasteiger partial charge in [0, 0.05) is 18.2 Å². The summed E-state index contributed by atoms with van der Waals surface area (Å²) in [6.45, 7) is 1.72. The zero-order valence-corrected chi connectivity index (χ0v) is 8.75. The fourth-order valence-corrected chi connectivity index (χ4v) is 1.42. The van der Waals surface area contributed by atoms with Gasteiger partial charge in [-0.3, -0.25) is 4.98 Å².